The van der Waals surface area contributed by atoms with E-state index in [-0.39, 0.29) is 0 Å². The van der Waals surface area contributed by atoms with Crippen LogP contribution in [0.5, 0.6) is 5.75 Å². The minimum absolute atomic E-state index is 0.329. The predicted molar refractivity (Wildman–Crippen MR) is 70.2 cm³/mol. The van der Waals surface area contributed by atoms with Crippen LogP contribution in [-0.2, 0) is 6.54 Å². The molecule has 0 bridgehead atoms. The molecule has 1 aromatic rings. The molecule has 1 atom stereocenters. The van der Waals surface area contributed by atoms with E-state index in [0.29, 0.717) is 13.0 Å². The summed E-state index contributed by atoms with van der Waals surface area (Å²) in [6.07, 6.45) is 0.686. The second-order valence-electron chi connectivity index (χ2n) is 4.56. The van der Waals surface area contributed by atoms with Gasteiger partial charge in [-0.15, -0.1) is 0 Å². The third kappa shape index (κ3) is 5.20. The van der Waals surface area contributed by atoms with E-state index in [4.69, 9.17) is 4.74 Å². The van der Waals surface area contributed by atoms with E-state index in [1.165, 1.54) is 5.56 Å². The van der Waals surface area contributed by atoms with Crippen LogP contribution in [0.1, 0.15) is 32.8 Å². The van der Waals surface area contributed by atoms with Crippen molar-refractivity contribution in [3.05, 3.63) is 29.8 Å². The number of rotatable bonds is 7. The topological polar surface area (TPSA) is 41.5 Å². The molecule has 0 aliphatic carbocycles. The van der Waals surface area contributed by atoms with Crippen molar-refractivity contribution in [1.29, 1.82) is 0 Å². The van der Waals surface area contributed by atoms with Crippen LogP contribution in [0.3, 0.4) is 0 Å². The highest BCUT2D eigenvalue weighted by Gasteiger charge is 2.18. The first-order valence-corrected chi connectivity index (χ1v) is 6.22. The highest BCUT2D eigenvalue weighted by Crippen LogP contribution is 2.15. The molecule has 96 valence electrons. The lowest BCUT2D eigenvalue weighted by Crippen LogP contribution is -2.31. The highest BCUT2D eigenvalue weighted by molar-refractivity contribution is 5.27. The Morgan fingerprint density at radius 1 is 1.24 bits per heavy atom. The van der Waals surface area contributed by atoms with E-state index in [0.717, 1.165) is 18.8 Å². The van der Waals surface area contributed by atoms with Gasteiger partial charge in [0.25, 0.3) is 0 Å². The van der Waals surface area contributed by atoms with Crippen molar-refractivity contribution in [2.45, 2.75) is 39.3 Å². The predicted octanol–water partition coefficient (Wildman–Crippen LogP) is 2.34. The Hall–Kier alpha value is -1.06. The summed E-state index contributed by atoms with van der Waals surface area (Å²) < 4.78 is 5.55. The lowest BCUT2D eigenvalue weighted by Gasteiger charge is -2.21. The Bertz CT molecular complexity index is 319. The van der Waals surface area contributed by atoms with Gasteiger partial charge in [-0.3, -0.25) is 0 Å². The maximum absolute atomic E-state index is 9.82. The zero-order valence-electron chi connectivity index (χ0n) is 11.0. The van der Waals surface area contributed by atoms with Crippen molar-refractivity contribution in [2.75, 3.05) is 13.2 Å². The van der Waals surface area contributed by atoms with Gasteiger partial charge >= 0.3 is 0 Å². The molecule has 0 aromatic heterocycles. The monoisotopic (exact) mass is 237 g/mol. The molecule has 0 radical (unpaired) electrons. The van der Waals surface area contributed by atoms with Gasteiger partial charge < -0.3 is 15.2 Å². The van der Waals surface area contributed by atoms with Gasteiger partial charge in [-0.25, -0.2) is 0 Å². The summed E-state index contributed by atoms with van der Waals surface area (Å²) in [6.45, 7) is 8.00. The van der Waals surface area contributed by atoms with E-state index in [2.05, 4.69) is 12.2 Å². The van der Waals surface area contributed by atoms with Crippen molar-refractivity contribution in [3.63, 3.8) is 0 Å². The second-order valence-corrected chi connectivity index (χ2v) is 4.56. The number of nitrogens with one attached hydrogen (secondary N) is 1. The number of aliphatic hydroxyl groups is 1. The lowest BCUT2D eigenvalue weighted by molar-refractivity contribution is 0.00846. The van der Waals surface area contributed by atoms with Gasteiger partial charge in [0.15, 0.2) is 0 Å². The quantitative estimate of drug-likeness (QED) is 0.765. The third-order valence-corrected chi connectivity index (χ3v) is 2.81. The fraction of sp³-hybridized carbons (Fsp3) is 0.571. The van der Waals surface area contributed by atoms with Crippen LogP contribution in [0.4, 0.5) is 0 Å². The highest BCUT2D eigenvalue weighted by atomic mass is 16.5. The van der Waals surface area contributed by atoms with Crippen LogP contribution in [0.2, 0.25) is 0 Å². The van der Waals surface area contributed by atoms with E-state index in [9.17, 15) is 5.11 Å². The van der Waals surface area contributed by atoms with Crippen LogP contribution in [0.15, 0.2) is 24.3 Å². The van der Waals surface area contributed by atoms with E-state index < -0.39 is 5.60 Å². The number of ether oxygens (including phenoxy) is 1. The average molecular weight is 237 g/mol. The molecule has 0 heterocycles. The largest absolute Gasteiger partial charge is 0.491 e. The maximum atomic E-state index is 9.82. The van der Waals surface area contributed by atoms with Gasteiger partial charge in [0, 0.05) is 6.54 Å². The van der Waals surface area contributed by atoms with E-state index in [1.54, 1.807) is 6.92 Å². The molecule has 0 saturated heterocycles. The molecule has 3 heteroatoms. The molecule has 2 N–H and O–H groups in total. The van der Waals surface area contributed by atoms with Gasteiger partial charge in [-0.2, -0.15) is 0 Å². The summed E-state index contributed by atoms with van der Waals surface area (Å²) in [5, 5.41) is 13.1. The summed E-state index contributed by atoms with van der Waals surface area (Å²) in [6, 6.07) is 7.97. The third-order valence-electron chi connectivity index (χ3n) is 2.81. The molecule has 3 nitrogen and oxygen atoms in total. The molecular formula is C14H23NO2. The summed E-state index contributed by atoms with van der Waals surface area (Å²) >= 11 is 0. The normalized spacial score (nSPS) is 14.4. The molecule has 17 heavy (non-hydrogen) atoms. The number of benzene rings is 1. The van der Waals surface area contributed by atoms with Gasteiger partial charge in [0.05, 0.1) is 5.60 Å². The Kier molecular flexibility index (Phi) is 5.45. The number of hydrogen-bond acceptors (Lipinski definition) is 3. The van der Waals surface area contributed by atoms with Gasteiger partial charge in [0.2, 0.25) is 0 Å². The first-order chi connectivity index (χ1) is 8.07. The van der Waals surface area contributed by atoms with Crippen molar-refractivity contribution >= 4 is 0 Å². The van der Waals surface area contributed by atoms with Crippen LogP contribution in [-0.4, -0.2) is 23.9 Å². The second kappa shape index (κ2) is 6.62. The molecule has 0 amide bonds. The Balaban J connectivity index is 2.45. The fourth-order valence-corrected chi connectivity index (χ4v) is 1.31. The maximum Gasteiger partial charge on any atom is 0.119 e. The van der Waals surface area contributed by atoms with E-state index >= 15 is 0 Å². The average Bonchev–Trinajstić information content (AvgIpc) is 2.35. The summed E-state index contributed by atoms with van der Waals surface area (Å²) in [7, 11) is 0. The van der Waals surface area contributed by atoms with Crippen molar-refractivity contribution in [2.24, 2.45) is 0 Å². The van der Waals surface area contributed by atoms with Gasteiger partial charge in [-0.05, 0) is 37.6 Å². The SMILES string of the molecule is CCNCc1ccc(OCC(C)(O)CC)cc1. The molecular weight excluding hydrogens is 214 g/mol. The van der Waals surface area contributed by atoms with Crippen LogP contribution < -0.4 is 10.1 Å². The first kappa shape index (κ1) is 14.0. The Morgan fingerprint density at radius 2 is 1.88 bits per heavy atom. The zero-order valence-corrected chi connectivity index (χ0v) is 11.0. The molecule has 1 aromatic carbocycles. The molecule has 0 aliphatic rings. The standard InChI is InChI=1S/C14H23NO2/c1-4-14(3,16)11-17-13-8-6-12(7-9-13)10-15-5-2/h6-9,15-16H,4-5,10-11H2,1-3H3. The van der Waals surface area contributed by atoms with Crippen LogP contribution >= 0.6 is 0 Å². The summed E-state index contributed by atoms with van der Waals surface area (Å²) in [5.41, 5.74) is 0.490. The minimum atomic E-state index is -0.748. The molecule has 0 spiro atoms. The first-order valence-electron chi connectivity index (χ1n) is 6.22. The van der Waals surface area contributed by atoms with Crippen LogP contribution in [0.25, 0.3) is 0 Å². The minimum Gasteiger partial charge on any atom is -0.491 e. The fourth-order valence-electron chi connectivity index (χ4n) is 1.31. The molecule has 1 unspecified atom stereocenters. The summed E-state index contributed by atoms with van der Waals surface area (Å²) in [4.78, 5) is 0. The van der Waals surface area contributed by atoms with Crippen molar-refractivity contribution < 1.29 is 9.84 Å². The molecule has 1 rings (SSSR count). The van der Waals surface area contributed by atoms with Crippen molar-refractivity contribution in [3.8, 4) is 5.75 Å². The van der Waals surface area contributed by atoms with Gasteiger partial charge in [0.1, 0.15) is 12.4 Å². The lowest BCUT2D eigenvalue weighted by atomic mass is 10.1. The molecule has 0 fully saturated rings. The summed E-state index contributed by atoms with van der Waals surface area (Å²) in [5.74, 6) is 0.805. The molecule has 0 saturated carbocycles. The van der Waals surface area contributed by atoms with E-state index in [1.807, 2.05) is 31.2 Å². The van der Waals surface area contributed by atoms with Crippen molar-refractivity contribution in [1.82, 2.24) is 5.32 Å². The number of hydrogen-bond donors (Lipinski definition) is 2. The Morgan fingerprint density at radius 3 is 2.41 bits per heavy atom. The smallest absolute Gasteiger partial charge is 0.119 e. The van der Waals surface area contributed by atoms with Gasteiger partial charge in [-0.1, -0.05) is 26.0 Å². The Labute approximate surface area is 104 Å². The van der Waals surface area contributed by atoms with Crippen LogP contribution in [0, 0.1) is 0 Å². The zero-order chi connectivity index (χ0) is 12.7. The molecule has 0 aliphatic heterocycles.